The van der Waals surface area contributed by atoms with Crippen LogP contribution in [0.5, 0.6) is 0 Å². The lowest BCUT2D eigenvalue weighted by molar-refractivity contribution is 0.0907. The second-order valence-corrected chi connectivity index (χ2v) is 6.83. The average molecular weight is 275 g/mol. The van der Waals surface area contributed by atoms with E-state index in [-0.39, 0.29) is 12.0 Å². The molecule has 1 fully saturated rings. The van der Waals surface area contributed by atoms with Crippen molar-refractivity contribution in [1.29, 1.82) is 0 Å². The molecule has 2 nitrogen and oxygen atoms in total. The van der Waals surface area contributed by atoms with Crippen molar-refractivity contribution in [2.24, 2.45) is 5.92 Å². The van der Waals surface area contributed by atoms with E-state index in [0.29, 0.717) is 6.04 Å². The largest absolute Gasteiger partial charge is 0.395 e. The minimum absolute atomic E-state index is 0.173. The van der Waals surface area contributed by atoms with Crippen LogP contribution >= 0.6 is 0 Å². The maximum absolute atomic E-state index is 9.93. The highest BCUT2D eigenvalue weighted by Gasteiger charge is 2.32. The molecule has 0 bridgehead atoms. The normalized spacial score (nSPS) is 26.4. The molecule has 0 saturated heterocycles. The molecular weight excluding hydrogens is 246 g/mol. The molecule has 2 rings (SSSR count). The number of hydrogen-bond donors (Lipinski definition) is 1. The molecular formula is C18H29NO. The molecule has 0 amide bonds. The second-order valence-electron chi connectivity index (χ2n) is 6.83. The zero-order valence-electron chi connectivity index (χ0n) is 13.2. The second kappa shape index (κ2) is 6.73. The molecule has 0 aliphatic heterocycles. The maximum Gasteiger partial charge on any atom is 0.0537 e. The van der Waals surface area contributed by atoms with Gasteiger partial charge in [-0.3, -0.25) is 0 Å². The van der Waals surface area contributed by atoms with E-state index in [1.807, 2.05) is 6.07 Å². The Morgan fingerprint density at radius 3 is 2.45 bits per heavy atom. The molecule has 0 spiro atoms. The number of benzene rings is 1. The number of rotatable bonds is 5. The summed E-state index contributed by atoms with van der Waals surface area (Å²) >= 11 is 0. The molecule has 1 saturated carbocycles. The number of likely N-dealkylation sites (N-methyl/N-ethyl adjacent to an activating group) is 1. The summed E-state index contributed by atoms with van der Waals surface area (Å²) in [5.41, 5.74) is 1.06. The molecule has 20 heavy (non-hydrogen) atoms. The number of aliphatic hydroxyl groups is 1. The summed E-state index contributed by atoms with van der Waals surface area (Å²) in [6.07, 6.45) is 5.37. The van der Waals surface area contributed by atoms with E-state index >= 15 is 0 Å². The Morgan fingerprint density at radius 2 is 1.85 bits per heavy atom. The highest BCUT2D eigenvalue weighted by molar-refractivity contribution is 5.25. The van der Waals surface area contributed by atoms with Crippen molar-refractivity contribution >= 4 is 0 Å². The topological polar surface area (TPSA) is 23.5 Å². The van der Waals surface area contributed by atoms with E-state index in [1.165, 1.54) is 31.2 Å². The molecule has 3 unspecified atom stereocenters. The molecule has 2 heteroatoms. The molecule has 1 N–H and O–H groups in total. The van der Waals surface area contributed by atoms with Crippen molar-refractivity contribution in [2.45, 2.75) is 51.0 Å². The average Bonchev–Trinajstić information content (AvgIpc) is 2.48. The molecule has 0 radical (unpaired) electrons. The van der Waals surface area contributed by atoms with Gasteiger partial charge in [0, 0.05) is 18.0 Å². The summed E-state index contributed by atoms with van der Waals surface area (Å²) in [4.78, 5) is 2.48. The Hall–Kier alpha value is -0.860. The highest BCUT2D eigenvalue weighted by Crippen LogP contribution is 2.31. The van der Waals surface area contributed by atoms with E-state index < -0.39 is 0 Å². The van der Waals surface area contributed by atoms with Gasteiger partial charge in [0.2, 0.25) is 0 Å². The third-order valence-electron chi connectivity index (χ3n) is 5.05. The van der Waals surface area contributed by atoms with Crippen LogP contribution in [0.4, 0.5) is 0 Å². The van der Waals surface area contributed by atoms with Crippen LogP contribution < -0.4 is 0 Å². The van der Waals surface area contributed by atoms with Crippen LogP contribution in [-0.2, 0) is 5.41 Å². The van der Waals surface area contributed by atoms with Crippen LogP contribution in [0.25, 0.3) is 0 Å². The van der Waals surface area contributed by atoms with Gasteiger partial charge in [-0.05, 0) is 31.4 Å². The summed E-state index contributed by atoms with van der Waals surface area (Å²) in [5.74, 6) is 0.771. The Morgan fingerprint density at radius 1 is 1.20 bits per heavy atom. The molecule has 0 aromatic heterocycles. The monoisotopic (exact) mass is 275 g/mol. The lowest BCUT2D eigenvalue weighted by atomic mass is 9.80. The quantitative estimate of drug-likeness (QED) is 0.889. The third-order valence-corrected chi connectivity index (χ3v) is 5.05. The van der Waals surface area contributed by atoms with Crippen LogP contribution in [0.1, 0.15) is 45.1 Å². The molecule has 1 aromatic carbocycles. The van der Waals surface area contributed by atoms with Crippen molar-refractivity contribution in [2.75, 3.05) is 20.2 Å². The van der Waals surface area contributed by atoms with Gasteiger partial charge in [-0.25, -0.2) is 0 Å². The first kappa shape index (κ1) is 15.5. The standard InChI is InChI=1S/C18H29NO/c1-15-9-7-8-12-17(15)19(3)13-18(2,14-20)16-10-5-4-6-11-16/h4-6,10-11,15,17,20H,7-9,12-14H2,1-3H3. The zero-order chi connectivity index (χ0) is 14.6. The number of nitrogens with zero attached hydrogens (tertiary/aromatic N) is 1. The van der Waals surface area contributed by atoms with Crippen LogP contribution in [0.15, 0.2) is 30.3 Å². The SMILES string of the molecule is CC1CCCCC1N(C)CC(C)(CO)c1ccccc1. The summed E-state index contributed by atoms with van der Waals surface area (Å²) in [7, 11) is 2.23. The first-order valence-electron chi connectivity index (χ1n) is 7.93. The maximum atomic E-state index is 9.93. The predicted molar refractivity (Wildman–Crippen MR) is 84.9 cm³/mol. The van der Waals surface area contributed by atoms with Crippen LogP contribution in [0.2, 0.25) is 0 Å². The van der Waals surface area contributed by atoms with Crippen molar-refractivity contribution in [3.63, 3.8) is 0 Å². The smallest absolute Gasteiger partial charge is 0.0537 e. The van der Waals surface area contributed by atoms with Gasteiger partial charge in [0.05, 0.1) is 6.61 Å². The molecule has 112 valence electrons. The fraction of sp³-hybridized carbons (Fsp3) is 0.667. The van der Waals surface area contributed by atoms with Crippen molar-refractivity contribution in [3.8, 4) is 0 Å². The zero-order valence-corrected chi connectivity index (χ0v) is 13.2. The summed E-state index contributed by atoms with van der Waals surface area (Å²) in [6.45, 7) is 5.66. The first-order valence-corrected chi connectivity index (χ1v) is 7.93. The molecule has 1 aliphatic rings. The number of hydrogen-bond acceptors (Lipinski definition) is 2. The molecule has 1 aromatic rings. The fourth-order valence-corrected chi connectivity index (χ4v) is 3.69. The Balaban J connectivity index is 2.09. The van der Waals surface area contributed by atoms with Gasteiger partial charge in [0.15, 0.2) is 0 Å². The van der Waals surface area contributed by atoms with E-state index in [1.54, 1.807) is 0 Å². The highest BCUT2D eigenvalue weighted by atomic mass is 16.3. The van der Waals surface area contributed by atoms with Gasteiger partial charge in [-0.2, -0.15) is 0 Å². The van der Waals surface area contributed by atoms with Crippen molar-refractivity contribution in [3.05, 3.63) is 35.9 Å². The van der Waals surface area contributed by atoms with E-state index in [2.05, 4.69) is 50.1 Å². The van der Waals surface area contributed by atoms with Gasteiger partial charge < -0.3 is 10.0 Å². The van der Waals surface area contributed by atoms with Gasteiger partial charge >= 0.3 is 0 Å². The fourth-order valence-electron chi connectivity index (χ4n) is 3.69. The lowest BCUT2D eigenvalue weighted by Gasteiger charge is -2.41. The molecule has 3 atom stereocenters. The van der Waals surface area contributed by atoms with Crippen LogP contribution in [-0.4, -0.2) is 36.2 Å². The summed E-state index contributed by atoms with van der Waals surface area (Å²) < 4.78 is 0. The van der Waals surface area contributed by atoms with Crippen molar-refractivity contribution < 1.29 is 5.11 Å². The van der Waals surface area contributed by atoms with E-state index in [0.717, 1.165) is 12.5 Å². The minimum atomic E-state index is -0.173. The molecule has 0 heterocycles. The summed E-state index contributed by atoms with van der Waals surface area (Å²) in [6, 6.07) is 11.1. The van der Waals surface area contributed by atoms with Crippen LogP contribution in [0.3, 0.4) is 0 Å². The molecule has 1 aliphatic carbocycles. The predicted octanol–water partition coefficient (Wildman–Crippen LogP) is 3.45. The third kappa shape index (κ3) is 3.42. The lowest BCUT2D eigenvalue weighted by Crippen LogP contribution is -2.47. The van der Waals surface area contributed by atoms with Gasteiger partial charge in [-0.15, -0.1) is 0 Å². The van der Waals surface area contributed by atoms with E-state index in [4.69, 9.17) is 0 Å². The Bertz CT molecular complexity index is 405. The Labute approximate surface area is 123 Å². The van der Waals surface area contributed by atoms with Gasteiger partial charge in [0.1, 0.15) is 0 Å². The van der Waals surface area contributed by atoms with Crippen molar-refractivity contribution in [1.82, 2.24) is 4.90 Å². The Kier molecular flexibility index (Phi) is 5.22. The minimum Gasteiger partial charge on any atom is -0.395 e. The van der Waals surface area contributed by atoms with Gasteiger partial charge in [-0.1, -0.05) is 57.0 Å². The van der Waals surface area contributed by atoms with Crippen LogP contribution in [0, 0.1) is 5.92 Å². The number of aliphatic hydroxyl groups excluding tert-OH is 1. The van der Waals surface area contributed by atoms with Gasteiger partial charge in [0.25, 0.3) is 0 Å². The van der Waals surface area contributed by atoms with E-state index in [9.17, 15) is 5.11 Å². The summed E-state index contributed by atoms with van der Waals surface area (Å²) in [5, 5.41) is 9.93. The first-order chi connectivity index (χ1) is 9.57.